The summed E-state index contributed by atoms with van der Waals surface area (Å²) < 4.78 is 5.27. The summed E-state index contributed by atoms with van der Waals surface area (Å²) in [5.74, 6) is -1.82. The van der Waals surface area contributed by atoms with Gasteiger partial charge in [-0.2, -0.15) is 0 Å². The van der Waals surface area contributed by atoms with Crippen molar-refractivity contribution < 1.29 is 14.3 Å². The van der Waals surface area contributed by atoms with Gasteiger partial charge in [0.25, 0.3) is 0 Å². The molecule has 0 saturated heterocycles. The van der Waals surface area contributed by atoms with Crippen molar-refractivity contribution in [2.75, 3.05) is 11.9 Å². The molecule has 1 aromatic rings. The highest BCUT2D eigenvalue weighted by Crippen LogP contribution is 2.25. The Balaban J connectivity index is 2.64. The molecule has 0 saturated carbocycles. The van der Waals surface area contributed by atoms with Gasteiger partial charge >= 0.3 is 11.9 Å². The predicted molar refractivity (Wildman–Crippen MR) is 68.9 cm³/mol. The minimum Gasteiger partial charge on any atom is -0.454 e. The molecule has 0 aliphatic carbocycles. The summed E-state index contributed by atoms with van der Waals surface area (Å²) in [5, 5.41) is 2.80. The summed E-state index contributed by atoms with van der Waals surface area (Å²) in [7, 11) is 0. The van der Waals surface area contributed by atoms with E-state index in [9.17, 15) is 9.59 Å². The molecule has 0 bridgehead atoms. The van der Waals surface area contributed by atoms with Crippen LogP contribution in [-0.4, -0.2) is 18.5 Å². The zero-order chi connectivity index (χ0) is 12.8. The number of anilines is 1. The van der Waals surface area contributed by atoms with Gasteiger partial charge in [0.05, 0.1) is 5.02 Å². The Bertz CT molecular complexity index is 462. The van der Waals surface area contributed by atoms with E-state index in [-0.39, 0.29) is 6.61 Å². The van der Waals surface area contributed by atoms with Crippen LogP contribution in [0.25, 0.3) is 0 Å². The molecule has 1 aromatic carbocycles. The largest absolute Gasteiger partial charge is 0.454 e. The Labute approximate surface area is 112 Å². The van der Waals surface area contributed by atoms with Crippen LogP contribution in [0.5, 0.6) is 0 Å². The van der Waals surface area contributed by atoms with Crippen molar-refractivity contribution in [1.82, 2.24) is 0 Å². The van der Waals surface area contributed by atoms with Crippen molar-refractivity contribution in [3.63, 3.8) is 0 Å². The van der Waals surface area contributed by atoms with E-state index >= 15 is 0 Å². The summed E-state index contributed by atoms with van der Waals surface area (Å²) in [4.78, 5) is 22.5. The monoisotopic (exact) mass is 317 g/mol. The number of hydrogen-bond donors (Lipinski definition) is 1. The zero-order valence-corrected chi connectivity index (χ0v) is 11.0. The number of carbonyl (C=O) groups is 2. The second kappa shape index (κ2) is 6.42. The van der Waals surface area contributed by atoms with Crippen LogP contribution >= 0.6 is 27.5 Å². The highest BCUT2D eigenvalue weighted by atomic mass is 79.9. The first-order chi connectivity index (χ1) is 8.04. The van der Waals surface area contributed by atoms with Crippen molar-refractivity contribution >= 4 is 45.1 Å². The zero-order valence-electron chi connectivity index (χ0n) is 8.70. The van der Waals surface area contributed by atoms with Gasteiger partial charge in [-0.15, -0.1) is 0 Å². The maximum absolute atomic E-state index is 11.3. The molecule has 0 spiro atoms. The van der Waals surface area contributed by atoms with Gasteiger partial charge in [0.15, 0.2) is 0 Å². The lowest BCUT2D eigenvalue weighted by molar-refractivity contribution is -0.151. The number of amides is 1. The van der Waals surface area contributed by atoms with Crippen LogP contribution in [0, 0.1) is 0 Å². The first-order valence-electron chi connectivity index (χ1n) is 4.58. The molecular weight excluding hydrogens is 309 g/mol. The van der Waals surface area contributed by atoms with Crippen LogP contribution in [0.15, 0.2) is 35.3 Å². The highest BCUT2D eigenvalue weighted by Gasteiger charge is 2.15. The quantitative estimate of drug-likeness (QED) is 0.530. The van der Waals surface area contributed by atoms with E-state index in [0.29, 0.717) is 15.2 Å². The molecule has 1 N–H and O–H groups in total. The molecule has 90 valence electrons. The second-order valence-electron chi connectivity index (χ2n) is 2.97. The number of esters is 1. The van der Waals surface area contributed by atoms with E-state index < -0.39 is 11.9 Å². The van der Waals surface area contributed by atoms with Gasteiger partial charge in [0, 0.05) is 10.2 Å². The third-order valence-electron chi connectivity index (χ3n) is 1.70. The van der Waals surface area contributed by atoms with Crippen LogP contribution in [0.4, 0.5) is 5.69 Å². The highest BCUT2D eigenvalue weighted by molar-refractivity contribution is 9.10. The maximum atomic E-state index is 11.3. The molecule has 4 nitrogen and oxygen atoms in total. The van der Waals surface area contributed by atoms with Crippen LogP contribution in [0.1, 0.15) is 0 Å². The Kier molecular flexibility index (Phi) is 5.18. The van der Waals surface area contributed by atoms with Crippen molar-refractivity contribution in [3.8, 4) is 0 Å². The van der Waals surface area contributed by atoms with Crippen molar-refractivity contribution in [2.45, 2.75) is 0 Å². The third kappa shape index (κ3) is 4.20. The molecule has 0 unspecified atom stereocenters. The summed E-state index contributed by atoms with van der Waals surface area (Å²) in [5.41, 5.74) is 0.416. The van der Waals surface area contributed by atoms with E-state index in [1.54, 1.807) is 12.1 Å². The number of carbonyl (C=O) groups excluding carboxylic acids is 2. The molecule has 0 aliphatic rings. The minimum atomic E-state index is -0.969. The molecule has 17 heavy (non-hydrogen) atoms. The number of rotatable bonds is 3. The summed E-state index contributed by atoms with van der Waals surface area (Å²) in [6.07, 6.45) is 1.38. The molecule has 1 rings (SSSR count). The second-order valence-corrected chi connectivity index (χ2v) is 4.23. The Morgan fingerprint density at radius 3 is 2.82 bits per heavy atom. The lowest BCUT2D eigenvalue weighted by Gasteiger charge is -2.05. The van der Waals surface area contributed by atoms with Crippen LogP contribution in [0.3, 0.4) is 0 Å². The first-order valence-corrected chi connectivity index (χ1v) is 5.75. The summed E-state index contributed by atoms with van der Waals surface area (Å²) in [6.45, 7) is 3.36. The molecule has 0 aliphatic heterocycles. The van der Waals surface area contributed by atoms with Crippen molar-refractivity contribution in [2.24, 2.45) is 0 Å². The van der Waals surface area contributed by atoms with Gasteiger partial charge in [-0.3, -0.25) is 4.79 Å². The van der Waals surface area contributed by atoms with Crippen molar-refractivity contribution in [3.05, 3.63) is 40.3 Å². The number of ether oxygens (including phenoxy) is 1. The maximum Gasteiger partial charge on any atom is 0.397 e. The Hall–Kier alpha value is -1.33. The average molecular weight is 319 g/mol. The molecule has 0 aromatic heterocycles. The molecule has 0 heterocycles. The first kappa shape index (κ1) is 13.7. The Morgan fingerprint density at radius 2 is 2.24 bits per heavy atom. The lowest BCUT2D eigenvalue weighted by atomic mass is 10.3. The van der Waals surface area contributed by atoms with E-state index in [2.05, 4.69) is 32.6 Å². The normalized spacial score (nSPS) is 9.53. The van der Waals surface area contributed by atoms with Gasteiger partial charge in [-0.25, -0.2) is 4.79 Å². The molecule has 0 atom stereocenters. The molecule has 6 heteroatoms. The fraction of sp³-hybridized carbons (Fsp3) is 0.0909. The molecule has 0 fully saturated rings. The van der Waals surface area contributed by atoms with Crippen molar-refractivity contribution in [1.29, 1.82) is 0 Å². The Morgan fingerprint density at radius 1 is 1.53 bits per heavy atom. The molecule has 0 radical (unpaired) electrons. The SMILES string of the molecule is C=CCOC(=O)C(=O)Nc1ccc(Br)c(Cl)c1. The molecule has 1 amide bonds. The fourth-order valence-corrected chi connectivity index (χ4v) is 1.38. The number of hydrogen-bond acceptors (Lipinski definition) is 3. The summed E-state index contributed by atoms with van der Waals surface area (Å²) >= 11 is 9.04. The van der Waals surface area contributed by atoms with E-state index in [0.717, 1.165) is 0 Å². The average Bonchev–Trinajstić information content (AvgIpc) is 2.30. The number of halogens is 2. The van der Waals surface area contributed by atoms with Crippen LogP contribution < -0.4 is 5.32 Å². The van der Waals surface area contributed by atoms with Crippen LogP contribution in [-0.2, 0) is 14.3 Å². The molecular formula is C11H9BrClNO3. The van der Waals surface area contributed by atoms with Crippen LogP contribution in [0.2, 0.25) is 5.02 Å². The standard InChI is InChI=1S/C11H9BrClNO3/c1-2-5-17-11(16)10(15)14-7-3-4-8(12)9(13)6-7/h2-4,6H,1,5H2,(H,14,15). The van der Waals surface area contributed by atoms with Gasteiger partial charge in [0.2, 0.25) is 0 Å². The number of nitrogens with one attached hydrogen (secondary N) is 1. The smallest absolute Gasteiger partial charge is 0.397 e. The van der Waals surface area contributed by atoms with E-state index in [4.69, 9.17) is 11.6 Å². The topological polar surface area (TPSA) is 55.4 Å². The van der Waals surface area contributed by atoms with Gasteiger partial charge in [-0.05, 0) is 34.1 Å². The predicted octanol–water partition coefficient (Wildman–Crippen LogP) is 2.77. The lowest BCUT2D eigenvalue weighted by Crippen LogP contribution is -2.25. The summed E-state index contributed by atoms with van der Waals surface area (Å²) in [6, 6.07) is 4.78. The fourth-order valence-electron chi connectivity index (χ4n) is 0.956. The van der Waals surface area contributed by atoms with E-state index in [1.165, 1.54) is 12.1 Å². The van der Waals surface area contributed by atoms with Gasteiger partial charge in [-0.1, -0.05) is 24.3 Å². The minimum absolute atomic E-state index is 0.00660. The third-order valence-corrected chi connectivity index (χ3v) is 2.93. The number of benzene rings is 1. The van der Waals surface area contributed by atoms with E-state index in [1.807, 2.05) is 0 Å². The van der Waals surface area contributed by atoms with Gasteiger partial charge in [0.1, 0.15) is 6.61 Å². The van der Waals surface area contributed by atoms with Gasteiger partial charge < -0.3 is 10.1 Å².